The van der Waals surface area contributed by atoms with Gasteiger partial charge in [-0.2, -0.15) is 0 Å². The second-order valence-electron chi connectivity index (χ2n) is 3.92. The van der Waals surface area contributed by atoms with E-state index >= 15 is 0 Å². The highest BCUT2D eigenvalue weighted by atomic mass is 79.9. The van der Waals surface area contributed by atoms with Crippen LogP contribution in [0, 0.1) is 5.82 Å². The molecule has 0 spiro atoms. The van der Waals surface area contributed by atoms with E-state index in [1.165, 1.54) is 18.5 Å². The van der Waals surface area contributed by atoms with Crippen molar-refractivity contribution in [1.82, 2.24) is 10.3 Å². The summed E-state index contributed by atoms with van der Waals surface area (Å²) in [5.74, 6) is 0.340. The Morgan fingerprint density at radius 2 is 2.32 bits per heavy atom. The second kappa shape index (κ2) is 6.79. The van der Waals surface area contributed by atoms with Crippen molar-refractivity contribution in [3.8, 4) is 11.3 Å². The number of hydrogen-bond donors (Lipinski definition) is 1. The zero-order chi connectivity index (χ0) is 13.7. The standard InChI is InChI=1S/C13H14BrFN2O2/c1-18-5-4-16-7-12-13(19-8-17-12)10-3-2-9(15)6-11(10)14/h2-3,6,8,16H,4-5,7H2,1H3. The van der Waals surface area contributed by atoms with Crippen LogP contribution < -0.4 is 5.32 Å². The van der Waals surface area contributed by atoms with E-state index in [1.54, 1.807) is 13.2 Å². The molecule has 1 aromatic heterocycles. The molecule has 1 aromatic carbocycles. The minimum atomic E-state index is -0.296. The summed E-state index contributed by atoms with van der Waals surface area (Å²) >= 11 is 3.33. The number of benzene rings is 1. The first-order valence-corrected chi connectivity index (χ1v) is 6.59. The molecule has 4 nitrogen and oxygen atoms in total. The summed E-state index contributed by atoms with van der Waals surface area (Å²) in [5.41, 5.74) is 1.56. The first-order valence-electron chi connectivity index (χ1n) is 5.80. The van der Waals surface area contributed by atoms with E-state index in [4.69, 9.17) is 9.15 Å². The lowest BCUT2D eigenvalue weighted by atomic mass is 10.1. The third-order valence-corrected chi connectivity index (χ3v) is 3.25. The Morgan fingerprint density at radius 1 is 1.47 bits per heavy atom. The van der Waals surface area contributed by atoms with Crippen LogP contribution in [0.15, 0.2) is 33.5 Å². The van der Waals surface area contributed by atoms with Crippen LogP contribution in [0.5, 0.6) is 0 Å². The Labute approximate surface area is 119 Å². The highest BCUT2D eigenvalue weighted by molar-refractivity contribution is 9.10. The molecule has 2 rings (SSSR count). The van der Waals surface area contributed by atoms with E-state index in [0.717, 1.165) is 17.8 Å². The van der Waals surface area contributed by atoms with Crippen molar-refractivity contribution in [3.05, 3.63) is 40.6 Å². The molecule has 0 atom stereocenters. The zero-order valence-corrected chi connectivity index (χ0v) is 12.0. The van der Waals surface area contributed by atoms with Gasteiger partial charge in [0.25, 0.3) is 0 Å². The van der Waals surface area contributed by atoms with Gasteiger partial charge in [0.2, 0.25) is 0 Å². The molecular formula is C13H14BrFN2O2. The average Bonchev–Trinajstić information content (AvgIpc) is 2.83. The first kappa shape index (κ1) is 14.2. The minimum absolute atomic E-state index is 0.296. The number of aromatic nitrogens is 1. The van der Waals surface area contributed by atoms with Gasteiger partial charge in [-0.25, -0.2) is 9.37 Å². The average molecular weight is 329 g/mol. The topological polar surface area (TPSA) is 47.3 Å². The smallest absolute Gasteiger partial charge is 0.181 e. The molecule has 0 unspecified atom stereocenters. The maximum Gasteiger partial charge on any atom is 0.181 e. The summed E-state index contributed by atoms with van der Waals surface area (Å²) < 4.78 is 24.1. The van der Waals surface area contributed by atoms with Crippen molar-refractivity contribution in [2.75, 3.05) is 20.3 Å². The lowest BCUT2D eigenvalue weighted by Crippen LogP contribution is -2.19. The highest BCUT2D eigenvalue weighted by Gasteiger charge is 2.13. The van der Waals surface area contributed by atoms with Crippen LogP contribution in [-0.4, -0.2) is 25.2 Å². The molecule has 0 bridgehead atoms. The number of nitrogens with one attached hydrogen (secondary N) is 1. The van der Waals surface area contributed by atoms with Crippen LogP contribution in [-0.2, 0) is 11.3 Å². The van der Waals surface area contributed by atoms with Gasteiger partial charge in [0, 0.05) is 30.2 Å². The van der Waals surface area contributed by atoms with Crippen molar-refractivity contribution in [1.29, 1.82) is 0 Å². The summed E-state index contributed by atoms with van der Waals surface area (Å²) in [5, 5.41) is 3.19. The van der Waals surface area contributed by atoms with E-state index in [-0.39, 0.29) is 5.82 Å². The number of rotatable bonds is 6. The molecular weight excluding hydrogens is 315 g/mol. The molecule has 0 aliphatic rings. The number of nitrogens with zero attached hydrogens (tertiary/aromatic N) is 1. The molecule has 1 N–H and O–H groups in total. The van der Waals surface area contributed by atoms with Crippen LogP contribution >= 0.6 is 15.9 Å². The van der Waals surface area contributed by atoms with Gasteiger partial charge in [-0.05, 0) is 34.1 Å². The fourth-order valence-corrected chi connectivity index (χ4v) is 2.20. The normalized spacial score (nSPS) is 10.9. The zero-order valence-electron chi connectivity index (χ0n) is 10.5. The highest BCUT2D eigenvalue weighted by Crippen LogP contribution is 2.30. The van der Waals surface area contributed by atoms with Crippen molar-refractivity contribution in [2.24, 2.45) is 0 Å². The van der Waals surface area contributed by atoms with E-state index in [9.17, 15) is 4.39 Å². The maximum atomic E-state index is 13.1. The molecule has 102 valence electrons. The van der Waals surface area contributed by atoms with Gasteiger partial charge in [0.1, 0.15) is 11.5 Å². The maximum absolute atomic E-state index is 13.1. The van der Waals surface area contributed by atoms with Gasteiger partial charge in [0.15, 0.2) is 12.2 Å². The molecule has 6 heteroatoms. The number of hydrogen-bond acceptors (Lipinski definition) is 4. The van der Waals surface area contributed by atoms with Crippen molar-refractivity contribution in [3.63, 3.8) is 0 Å². The van der Waals surface area contributed by atoms with Gasteiger partial charge in [-0.3, -0.25) is 0 Å². The van der Waals surface area contributed by atoms with Gasteiger partial charge in [0.05, 0.1) is 6.61 Å². The Kier molecular flexibility index (Phi) is 5.07. The number of halogens is 2. The van der Waals surface area contributed by atoms with E-state index in [2.05, 4.69) is 26.2 Å². The number of methoxy groups -OCH3 is 1. The third-order valence-electron chi connectivity index (χ3n) is 2.59. The minimum Gasteiger partial charge on any atom is -0.443 e. The van der Waals surface area contributed by atoms with Crippen molar-refractivity contribution >= 4 is 15.9 Å². The van der Waals surface area contributed by atoms with Gasteiger partial charge in [-0.1, -0.05) is 0 Å². The summed E-state index contributed by atoms with van der Waals surface area (Å²) in [6.07, 6.45) is 1.39. The largest absolute Gasteiger partial charge is 0.443 e. The van der Waals surface area contributed by atoms with Crippen molar-refractivity contribution < 1.29 is 13.5 Å². The fraction of sp³-hybridized carbons (Fsp3) is 0.308. The monoisotopic (exact) mass is 328 g/mol. The lowest BCUT2D eigenvalue weighted by molar-refractivity contribution is 0.199. The summed E-state index contributed by atoms with van der Waals surface area (Å²) in [4.78, 5) is 4.17. The Balaban J connectivity index is 2.14. The Hall–Kier alpha value is -1.24. The van der Waals surface area contributed by atoms with Crippen LogP contribution in [0.3, 0.4) is 0 Å². The Morgan fingerprint density at radius 3 is 3.05 bits per heavy atom. The Bertz CT molecular complexity index is 545. The van der Waals surface area contributed by atoms with Gasteiger partial charge in [-0.15, -0.1) is 0 Å². The first-order chi connectivity index (χ1) is 9.22. The number of ether oxygens (including phenoxy) is 1. The lowest BCUT2D eigenvalue weighted by Gasteiger charge is -2.05. The molecule has 0 aliphatic carbocycles. The fourth-order valence-electron chi connectivity index (χ4n) is 1.67. The van der Waals surface area contributed by atoms with E-state index in [1.807, 2.05) is 0 Å². The van der Waals surface area contributed by atoms with Gasteiger partial charge < -0.3 is 14.5 Å². The molecule has 0 saturated heterocycles. The predicted octanol–water partition coefficient (Wildman–Crippen LogP) is 2.98. The second-order valence-corrected chi connectivity index (χ2v) is 4.78. The van der Waals surface area contributed by atoms with E-state index < -0.39 is 0 Å². The van der Waals surface area contributed by atoms with E-state index in [0.29, 0.717) is 23.4 Å². The number of oxazole rings is 1. The van der Waals surface area contributed by atoms with Gasteiger partial charge >= 0.3 is 0 Å². The quantitative estimate of drug-likeness (QED) is 0.828. The van der Waals surface area contributed by atoms with Crippen LogP contribution in [0.25, 0.3) is 11.3 Å². The summed E-state index contributed by atoms with van der Waals surface area (Å²) in [6, 6.07) is 4.46. The SMILES string of the molecule is COCCNCc1ncoc1-c1ccc(F)cc1Br. The van der Waals surface area contributed by atoms with Crippen molar-refractivity contribution in [2.45, 2.75) is 6.54 Å². The molecule has 0 saturated carbocycles. The summed E-state index contributed by atoms with van der Waals surface area (Å²) in [7, 11) is 1.65. The molecule has 0 amide bonds. The third kappa shape index (κ3) is 3.62. The summed E-state index contributed by atoms with van der Waals surface area (Å²) in [6.45, 7) is 1.93. The van der Waals surface area contributed by atoms with Crippen LogP contribution in [0.1, 0.15) is 5.69 Å². The molecule has 1 heterocycles. The molecule has 2 aromatic rings. The molecule has 0 radical (unpaired) electrons. The molecule has 19 heavy (non-hydrogen) atoms. The van der Waals surface area contributed by atoms with Crippen LogP contribution in [0.4, 0.5) is 4.39 Å². The molecule has 0 fully saturated rings. The van der Waals surface area contributed by atoms with Crippen LogP contribution in [0.2, 0.25) is 0 Å². The molecule has 0 aliphatic heterocycles. The predicted molar refractivity (Wildman–Crippen MR) is 73.2 cm³/mol.